The molecule has 0 aliphatic rings. The van der Waals surface area contributed by atoms with Gasteiger partial charge >= 0.3 is 0 Å². The van der Waals surface area contributed by atoms with Crippen LogP contribution in [0.3, 0.4) is 0 Å². The van der Waals surface area contributed by atoms with E-state index in [0.29, 0.717) is 5.88 Å². The molecule has 0 spiro atoms. The maximum absolute atomic E-state index is 5.91. The Morgan fingerprint density at radius 2 is 2.21 bits per heavy atom. The van der Waals surface area contributed by atoms with Crippen LogP contribution in [0.4, 0.5) is 0 Å². The average Bonchev–Trinajstić information content (AvgIpc) is 2.89. The predicted octanol–water partition coefficient (Wildman–Crippen LogP) is 4.71. The molecule has 0 aliphatic carbocycles. The van der Waals surface area contributed by atoms with Gasteiger partial charge in [-0.05, 0) is 29.8 Å². The molecule has 0 fully saturated rings. The Kier molecular flexibility index (Phi) is 3.40. The van der Waals surface area contributed by atoms with Crippen LogP contribution in [0.25, 0.3) is 21.3 Å². The van der Waals surface area contributed by atoms with Gasteiger partial charge in [-0.2, -0.15) is 0 Å². The van der Waals surface area contributed by atoms with Crippen LogP contribution in [0.5, 0.6) is 5.75 Å². The van der Waals surface area contributed by atoms with Crippen LogP contribution < -0.4 is 4.74 Å². The molecule has 0 bridgehead atoms. The maximum atomic E-state index is 5.91. The topological polar surface area (TPSA) is 22.1 Å². The SMILES string of the molecule is COc1cccnc1-c1csc2ccc(CCl)cc12. The molecule has 19 heavy (non-hydrogen) atoms. The highest BCUT2D eigenvalue weighted by molar-refractivity contribution is 7.17. The zero-order valence-electron chi connectivity index (χ0n) is 10.4. The molecule has 3 aromatic rings. The monoisotopic (exact) mass is 289 g/mol. The van der Waals surface area contributed by atoms with Crippen LogP contribution in [0.15, 0.2) is 41.9 Å². The van der Waals surface area contributed by atoms with Gasteiger partial charge in [0.05, 0.1) is 7.11 Å². The van der Waals surface area contributed by atoms with Gasteiger partial charge in [0.15, 0.2) is 0 Å². The van der Waals surface area contributed by atoms with Gasteiger partial charge in [-0.15, -0.1) is 22.9 Å². The summed E-state index contributed by atoms with van der Waals surface area (Å²) in [6.07, 6.45) is 1.78. The Balaban J connectivity index is 2.24. The summed E-state index contributed by atoms with van der Waals surface area (Å²) in [5.41, 5.74) is 3.09. The van der Waals surface area contributed by atoms with Crippen LogP contribution in [0.1, 0.15) is 5.56 Å². The summed E-state index contributed by atoms with van der Waals surface area (Å²) in [5, 5.41) is 3.30. The number of fused-ring (bicyclic) bond motifs is 1. The predicted molar refractivity (Wildman–Crippen MR) is 81.2 cm³/mol. The fourth-order valence-electron chi connectivity index (χ4n) is 2.10. The van der Waals surface area contributed by atoms with E-state index in [2.05, 4.69) is 28.6 Å². The summed E-state index contributed by atoms with van der Waals surface area (Å²) < 4.78 is 6.62. The molecule has 1 aromatic carbocycles. The highest BCUT2D eigenvalue weighted by Crippen LogP contribution is 2.37. The highest BCUT2D eigenvalue weighted by Gasteiger charge is 2.12. The Hall–Kier alpha value is -1.58. The summed E-state index contributed by atoms with van der Waals surface area (Å²) in [7, 11) is 1.67. The Labute approximate surface area is 120 Å². The number of rotatable bonds is 3. The van der Waals surface area contributed by atoms with Crippen molar-refractivity contribution in [3.8, 4) is 17.0 Å². The summed E-state index contributed by atoms with van der Waals surface area (Å²) >= 11 is 7.62. The van der Waals surface area contributed by atoms with E-state index in [1.165, 1.54) is 10.1 Å². The van der Waals surface area contributed by atoms with E-state index >= 15 is 0 Å². The number of pyridine rings is 1. The van der Waals surface area contributed by atoms with Crippen LogP contribution >= 0.6 is 22.9 Å². The third-order valence-corrected chi connectivity index (χ3v) is 4.31. The molecular formula is C15H12ClNOS. The van der Waals surface area contributed by atoms with Crippen molar-refractivity contribution in [2.24, 2.45) is 0 Å². The molecule has 0 amide bonds. The highest BCUT2D eigenvalue weighted by atomic mass is 35.5. The third kappa shape index (κ3) is 2.20. The number of alkyl halides is 1. The van der Waals surface area contributed by atoms with Gasteiger partial charge in [0.25, 0.3) is 0 Å². The number of nitrogens with zero attached hydrogens (tertiary/aromatic N) is 1. The summed E-state index contributed by atoms with van der Waals surface area (Å²) in [6, 6.07) is 10.1. The van der Waals surface area contributed by atoms with Gasteiger partial charge in [-0.25, -0.2) is 0 Å². The van der Waals surface area contributed by atoms with E-state index in [9.17, 15) is 0 Å². The summed E-state index contributed by atoms with van der Waals surface area (Å²) in [4.78, 5) is 4.45. The molecule has 2 nitrogen and oxygen atoms in total. The van der Waals surface area contributed by atoms with Gasteiger partial charge in [-0.3, -0.25) is 4.98 Å². The number of ether oxygens (including phenoxy) is 1. The van der Waals surface area contributed by atoms with Crippen molar-refractivity contribution in [2.45, 2.75) is 5.88 Å². The smallest absolute Gasteiger partial charge is 0.145 e. The van der Waals surface area contributed by atoms with E-state index < -0.39 is 0 Å². The van der Waals surface area contributed by atoms with Gasteiger partial charge in [-0.1, -0.05) is 6.07 Å². The average molecular weight is 290 g/mol. The molecule has 0 aliphatic heterocycles. The van der Waals surface area contributed by atoms with Crippen molar-refractivity contribution < 1.29 is 4.74 Å². The largest absolute Gasteiger partial charge is 0.494 e. The molecule has 0 saturated carbocycles. The number of benzene rings is 1. The standard InChI is InChI=1S/C15H12ClNOS/c1-18-13-3-2-6-17-15(13)12-9-19-14-5-4-10(8-16)7-11(12)14/h2-7,9H,8H2,1H3. The lowest BCUT2D eigenvalue weighted by Gasteiger charge is -2.06. The van der Waals surface area contributed by atoms with E-state index in [4.69, 9.17) is 16.3 Å². The molecule has 96 valence electrons. The van der Waals surface area contributed by atoms with Gasteiger partial charge in [0, 0.05) is 33.1 Å². The van der Waals surface area contributed by atoms with Crippen molar-refractivity contribution >= 4 is 33.0 Å². The number of hydrogen-bond acceptors (Lipinski definition) is 3. The van der Waals surface area contributed by atoms with Crippen LogP contribution in [-0.4, -0.2) is 12.1 Å². The summed E-state index contributed by atoms with van der Waals surface area (Å²) in [6.45, 7) is 0. The second-order valence-electron chi connectivity index (χ2n) is 4.17. The lowest BCUT2D eigenvalue weighted by Crippen LogP contribution is -1.89. The molecule has 2 aromatic heterocycles. The minimum atomic E-state index is 0.518. The molecule has 0 unspecified atom stereocenters. The number of halogens is 1. The Morgan fingerprint density at radius 1 is 1.32 bits per heavy atom. The van der Waals surface area contributed by atoms with Crippen molar-refractivity contribution in [3.05, 3.63) is 47.5 Å². The lowest BCUT2D eigenvalue weighted by molar-refractivity contribution is 0.415. The van der Waals surface area contributed by atoms with E-state index in [0.717, 1.165) is 22.6 Å². The van der Waals surface area contributed by atoms with Crippen molar-refractivity contribution in [2.75, 3.05) is 7.11 Å². The fraction of sp³-hybridized carbons (Fsp3) is 0.133. The fourth-order valence-corrected chi connectivity index (χ4v) is 3.19. The second-order valence-corrected chi connectivity index (χ2v) is 5.35. The van der Waals surface area contributed by atoms with Crippen LogP contribution in [0.2, 0.25) is 0 Å². The molecule has 0 atom stereocenters. The third-order valence-electron chi connectivity index (χ3n) is 3.04. The number of hydrogen-bond donors (Lipinski definition) is 0. The maximum Gasteiger partial charge on any atom is 0.145 e. The number of aromatic nitrogens is 1. The molecule has 3 rings (SSSR count). The van der Waals surface area contributed by atoms with Gasteiger partial charge in [0.2, 0.25) is 0 Å². The minimum Gasteiger partial charge on any atom is -0.494 e. The molecule has 2 heterocycles. The van der Waals surface area contributed by atoms with Gasteiger partial charge < -0.3 is 4.74 Å². The Morgan fingerprint density at radius 3 is 3.00 bits per heavy atom. The first kappa shape index (κ1) is 12.5. The number of methoxy groups -OCH3 is 1. The Bertz CT molecular complexity index is 723. The summed E-state index contributed by atoms with van der Waals surface area (Å²) in [5.74, 6) is 1.31. The van der Waals surface area contributed by atoms with E-state index in [1.807, 2.05) is 12.1 Å². The minimum absolute atomic E-state index is 0.518. The molecule has 0 saturated heterocycles. The van der Waals surface area contributed by atoms with E-state index in [1.54, 1.807) is 24.6 Å². The second kappa shape index (κ2) is 5.19. The number of thiophene rings is 1. The quantitative estimate of drug-likeness (QED) is 0.651. The first-order chi connectivity index (χ1) is 9.33. The van der Waals surface area contributed by atoms with Crippen molar-refractivity contribution in [1.82, 2.24) is 4.98 Å². The zero-order chi connectivity index (χ0) is 13.2. The molecule has 4 heteroatoms. The van der Waals surface area contributed by atoms with Gasteiger partial charge in [0.1, 0.15) is 11.4 Å². The van der Waals surface area contributed by atoms with Crippen LogP contribution in [-0.2, 0) is 5.88 Å². The molecular weight excluding hydrogens is 278 g/mol. The molecule has 0 radical (unpaired) electrons. The first-order valence-corrected chi connectivity index (χ1v) is 7.30. The lowest BCUT2D eigenvalue weighted by atomic mass is 10.1. The van der Waals surface area contributed by atoms with Crippen molar-refractivity contribution in [1.29, 1.82) is 0 Å². The van der Waals surface area contributed by atoms with E-state index in [-0.39, 0.29) is 0 Å². The normalized spacial score (nSPS) is 10.8. The zero-order valence-corrected chi connectivity index (χ0v) is 12.0. The first-order valence-electron chi connectivity index (χ1n) is 5.89. The van der Waals surface area contributed by atoms with Crippen molar-refractivity contribution in [3.63, 3.8) is 0 Å². The van der Waals surface area contributed by atoms with Crippen LogP contribution in [0, 0.1) is 0 Å². The molecule has 0 N–H and O–H groups in total.